The molecule has 120 valence electrons. The lowest BCUT2D eigenvalue weighted by atomic mass is 10.1. The topological polar surface area (TPSA) is 63.5 Å². The van der Waals surface area contributed by atoms with Crippen molar-refractivity contribution in [2.45, 2.75) is 19.8 Å². The van der Waals surface area contributed by atoms with Crippen LogP contribution in [0.1, 0.15) is 17.7 Å². The van der Waals surface area contributed by atoms with E-state index in [-0.39, 0.29) is 5.75 Å². The van der Waals surface area contributed by atoms with E-state index in [9.17, 15) is 8.42 Å². The first-order valence-corrected chi connectivity index (χ1v) is 9.17. The number of imidazole rings is 1. The summed E-state index contributed by atoms with van der Waals surface area (Å²) in [4.78, 5) is 4.36. The van der Waals surface area contributed by atoms with Crippen molar-refractivity contribution >= 4 is 21.4 Å². The van der Waals surface area contributed by atoms with Crippen LogP contribution in [0.15, 0.2) is 54.9 Å². The van der Waals surface area contributed by atoms with Gasteiger partial charge in [0.1, 0.15) is 0 Å². The SMILES string of the molecule is Cc1cn2cccc(NS(=O)(=O)CCCc3ccccc3)c2n1. The third-order valence-electron chi connectivity index (χ3n) is 3.59. The number of hydrogen-bond donors (Lipinski definition) is 1. The van der Waals surface area contributed by atoms with Crippen LogP contribution >= 0.6 is 0 Å². The Balaban J connectivity index is 1.68. The van der Waals surface area contributed by atoms with Crippen molar-refractivity contribution in [1.82, 2.24) is 9.38 Å². The number of nitrogens with zero attached hydrogens (tertiary/aromatic N) is 2. The summed E-state index contributed by atoms with van der Waals surface area (Å²) in [6, 6.07) is 13.4. The molecule has 23 heavy (non-hydrogen) atoms. The molecule has 5 nitrogen and oxygen atoms in total. The molecule has 0 atom stereocenters. The van der Waals surface area contributed by atoms with Gasteiger partial charge in [-0.05, 0) is 37.5 Å². The van der Waals surface area contributed by atoms with Crippen LogP contribution in [0.4, 0.5) is 5.69 Å². The highest BCUT2D eigenvalue weighted by atomic mass is 32.2. The molecule has 6 heteroatoms. The van der Waals surface area contributed by atoms with Crippen molar-refractivity contribution in [3.63, 3.8) is 0 Å². The number of benzene rings is 1. The van der Waals surface area contributed by atoms with Gasteiger partial charge in [0, 0.05) is 12.4 Å². The highest BCUT2D eigenvalue weighted by Gasteiger charge is 2.13. The van der Waals surface area contributed by atoms with E-state index in [4.69, 9.17) is 0 Å². The van der Waals surface area contributed by atoms with E-state index in [1.54, 1.807) is 12.1 Å². The Labute approximate surface area is 136 Å². The number of nitrogens with one attached hydrogen (secondary N) is 1. The van der Waals surface area contributed by atoms with Gasteiger partial charge in [0.15, 0.2) is 5.65 Å². The Bertz CT molecular complexity index is 902. The summed E-state index contributed by atoms with van der Waals surface area (Å²) in [5.41, 5.74) is 3.13. The molecular weight excluding hydrogens is 310 g/mol. The zero-order chi connectivity index (χ0) is 16.3. The normalized spacial score (nSPS) is 11.7. The third-order valence-corrected chi connectivity index (χ3v) is 4.95. The van der Waals surface area contributed by atoms with Gasteiger partial charge in [-0.2, -0.15) is 0 Å². The molecule has 1 aromatic carbocycles. The standard InChI is InChI=1S/C17H19N3O2S/c1-14-13-20-11-5-10-16(17(20)18-14)19-23(21,22)12-6-9-15-7-3-2-4-8-15/h2-5,7-8,10-11,13,19H,6,9,12H2,1H3. The minimum absolute atomic E-state index is 0.0860. The summed E-state index contributed by atoms with van der Waals surface area (Å²) < 4.78 is 29.1. The zero-order valence-electron chi connectivity index (χ0n) is 12.9. The van der Waals surface area contributed by atoms with Gasteiger partial charge >= 0.3 is 0 Å². The molecule has 1 N–H and O–H groups in total. The van der Waals surface area contributed by atoms with Gasteiger partial charge in [0.2, 0.25) is 10.0 Å². The first kappa shape index (κ1) is 15.6. The molecule has 0 radical (unpaired) electrons. The molecule has 0 aliphatic heterocycles. The van der Waals surface area contributed by atoms with Crippen LogP contribution in [0.2, 0.25) is 0 Å². The van der Waals surface area contributed by atoms with Crippen LogP contribution in [-0.2, 0) is 16.4 Å². The predicted octanol–water partition coefficient (Wildman–Crippen LogP) is 3.02. The highest BCUT2D eigenvalue weighted by Crippen LogP contribution is 2.18. The molecule has 0 saturated carbocycles. The monoisotopic (exact) mass is 329 g/mol. The number of rotatable bonds is 6. The van der Waals surface area contributed by atoms with Crippen LogP contribution < -0.4 is 4.72 Å². The number of fused-ring (bicyclic) bond motifs is 1. The Morgan fingerprint density at radius 2 is 1.91 bits per heavy atom. The summed E-state index contributed by atoms with van der Waals surface area (Å²) in [5, 5.41) is 0. The lowest BCUT2D eigenvalue weighted by molar-refractivity contribution is 0.598. The molecule has 2 aromatic heterocycles. The number of hydrogen-bond acceptors (Lipinski definition) is 3. The highest BCUT2D eigenvalue weighted by molar-refractivity contribution is 7.92. The second kappa shape index (κ2) is 6.42. The van der Waals surface area contributed by atoms with Crippen LogP contribution in [-0.4, -0.2) is 23.6 Å². The second-order valence-corrected chi connectivity index (χ2v) is 7.39. The molecule has 0 spiro atoms. The molecule has 0 aliphatic rings. The fourth-order valence-corrected chi connectivity index (χ4v) is 3.67. The number of pyridine rings is 1. The average Bonchev–Trinajstić information content (AvgIpc) is 2.89. The summed E-state index contributed by atoms with van der Waals surface area (Å²) in [6.45, 7) is 1.88. The predicted molar refractivity (Wildman–Crippen MR) is 92.1 cm³/mol. The number of anilines is 1. The van der Waals surface area contributed by atoms with E-state index in [0.717, 1.165) is 17.7 Å². The average molecular weight is 329 g/mol. The second-order valence-electron chi connectivity index (χ2n) is 5.55. The molecule has 0 saturated heterocycles. The number of aromatic nitrogens is 2. The van der Waals surface area contributed by atoms with Gasteiger partial charge in [0.25, 0.3) is 0 Å². The first-order valence-electron chi connectivity index (χ1n) is 7.52. The van der Waals surface area contributed by atoms with Crippen LogP contribution in [0.3, 0.4) is 0 Å². The maximum atomic E-state index is 12.3. The van der Waals surface area contributed by atoms with Crippen molar-refractivity contribution in [2.75, 3.05) is 10.5 Å². The van der Waals surface area contributed by atoms with Crippen LogP contribution in [0, 0.1) is 6.92 Å². The fraction of sp³-hybridized carbons (Fsp3) is 0.235. The zero-order valence-corrected chi connectivity index (χ0v) is 13.8. The van der Waals surface area contributed by atoms with E-state index >= 15 is 0 Å². The summed E-state index contributed by atoms with van der Waals surface area (Å²) in [6.07, 6.45) is 5.04. The van der Waals surface area contributed by atoms with Gasteiger partial charge in [-0.15, -0.1) is 0 Å². The van der Waals surface area contributed by atoms with Crippen LogP contribution in [0.25, 0.3) is 5.65 Å². The third kappa shape index (κ3) is 3.90. The number of aryl methyl sites for hydroxylation is 2. The molecule has 0 bridgehead atoms. The quantitative estimate of drug-likeness (QED) is 0.756. The van der Waals surface area contributed by atoms with Crippen molar-refractivity contribution in [1.29, 1.82) is 0 Å². The Hall–Kier alpha value is -2.34. The fourth-order valence-electron chi connectivity index (χ4n) is 2.54. The van der Waals surface area contributed by atoms with Gasteiger partial charge in [0.05, 0.1) is 17.1 Å². The summed E-state index contributed by atoms with van der Waals surface area (Å²) >= 11 is 0. The van der Waals surface area contributed by atoms with Gasteiger partial charge in [-0.1, -0.05) is 30.3 Å². The van der Waals surface area contributed by atoms with E-state index in [1.165, 1.54) is 0 Å². The molecule has 0 unspecified atom stereocenters. The minimum Gasteiger partial charge on any atom is -0.305 e. The van der Waals surface area contributed by atoms with Crippen LogP contribution in [0.5, 0.6) is 0 Å². The lowest BCUT2D eigenvalue weighted by Gasteiger charge is -2.09. The molecule has 3 aromatic rings. The Morgan fingerprint density at radius 3 is 2.70 bits per heavy atom. The van der Waals surface area contributed by atoms with E-state index < -0.39 is 10.0 Å². The van der Waals surface area contributed by atoms with Crippen molar-refractivity contribution < 1.29 is 8.42 Å². The largest absolute Gasteiger partial charge is 0.305 e. The first-order chi connectivity index (χ1) is 11.0. The van der Waals surface area contributed by atoms with Gasteiger partial charge in [-0.3, -0.25) is 4.72 Å². The molecule has 2 heterocycles. The molecule has 0 fully saturated rings. The summed E-state index contributed by atoms with van der Waals surface area (Å²) in [7, 11) is -3.39. The van der Waals surface area contributed by atoms with E-state index in [1.807, 2.05) is 54.0 Å². The molecule has 3 rings (SSSR count). The maximum Gasteiger partial charge on any atom is 0.232 e. The van der Waals surface area contributed by atoms with E-state index in [0.29, 0.717) is 17.8 Å². The van der Waals surface area contributed by atoms with E-state index in [2.05, 4.69) is 9.71 Å². The molecular formula is C17H19N3O2S. The van der Waals surface area contributed by atoms with Gasteiger partial charge in [-0.25, -0.2) is 13.4 Å². The smallest absolute Gasteiger partial charge is 0.232 e. The Kier molecular flexibility index (Phi) is 4.34. The van der Waals surface area contributed by atoms with Crippen molar-refractivity contribution in [2.24, 2.45) is 0 Å². The number of sulfonamides is 1. The summed E-state index contributed by atoms with van der Waals surface area (Å²) in [5.74, 6) is 0.0860. The lowest BCUT2D eigenvalue weighted by Crippen LogP contribution is -2.17. The molecule has 0 amide bonds. The molecule has 0 aliphatic carbocycles. The van der Waals surface area contributed by atoms with Crippen molar-refractivity contribution in [3.8, 4) is 0 Å². The Morgan fingerprint density at radius 1 is 1.13 bits per heavy atom. The van der Waals surface area contributed by atoms with Crippen molar-refractivity contribution in [3.05, 3.63) is 66.1 Å². The van der Waals surface area contributed by atoms with Gasteiger partial charge < -0.3 is 4.40 Å². The minimum atomic E-state index is -3.39. The maximum absolute atomic E-state index is 12.3.